The molecule has 2 rings (SSSR count). The number of rotatable bonds is 4. The van der Waals surface area contributed by atoms with Crippen molar-refractivity contribution in [2.24, 2.45) is 0 Å². The Hall–Kier alpha value is -1.26. The minimum absolute atomic E-state index is 0.110. The van der Waals surface area contributed by atoms with E-state index in [1.807, 2.05) is 0 Å². The lowest BCUT2D eigenvalue weighted by Crippen LogP contribution is -2.44. The first-order valence-corrected chi connectivity index (χ1v) is 5.98. The molecule has 1 aromatic rings. The van der Waals surface area contributed by atoms with Gasteiger partial charge in [-0.25, -0.2) is 4.39 Å². The number of Topliss-reactive ketones (excluding diaryl/α,β-unsaturated/α-hetero) is 1. The highest BCUT2D eigenvalue weighted by Crippen LogP contribution is 2.09. The van der Waals surface area contributed by atoms with Crippen molar-refractivity contribution in [3.05, 3.63) is 35.6 Å². The van der Waals surface area contributed by atoms with Crippen molar-refractivity contribution in [3.8, 4) is 0 Å². The van der Waals surface area contributed by atoms with Crippen LogP contribution in [0.3, 0.4) is 0 Å². The second kappa shape index (κ2) is 5.89. The Morgan fingerprint density at radius 1 is 1.29 bits per heavy atom. The number of benzene rings is 1. The van der Waals surface area contributed by atoms with E-state index < -0.39 is 5.82 Å². The standard InChI is InChI=1S/C13H17FN2O/c14-12-4-2-1-3-11(12)13(17)5-8-16-9-6-15-7-10-16/h1-4,15H,5-10H2. The molecule has 3 nitrogen and oxygen atoms in total. The molecule has 1 heterocycles. The predicted octanol–water partition coefficient (Wildman–Crippen LogP) is 1.30. The van der Waals surface area contributed by atoms with Crippen molar-refractivity contribution in [2.75, 3.05) is 32.7 Å². The average molecular weight is 236 g/mol. The Labute approximate surface area is 101 Å². The van der Waals surface area contributed by atoms with Gasteiger partial charge in [0.2, 0.25) is 0 Å². The first kappa shape index (κ1) is 12.2. The highest BCUT2D eigenvalue weighted by atomic mass is 19.1. The minimum Gasteiger partial charge on any atom is -0.314 e. The first-order valence-electron chi connectivity index (χ1n) is 5.98. The molecule has 0 unspecified atom stereocenters. The van der Waals surface area contributed by atoms with Crippen LogP contribution in [-0.4, -0.2) is 43.4 Å². The Kier molecular flexibility index (Phi) is 4.23. The van der Waals surface area contributed by atoms with E-state index in [2.05, 4.69) is 10.2 Å². The first-order chi connectivity index (χ1) is 8.27. The highest BCUT2D eigenvalue weighted by molar-refractivity contribution is 5.96. The van der Waals surface area contributed by atoms with E-state index in [4.69, 9.17) is 0 Å². The van der Waals surface area contributed by atoms with Gasteiger partial charge in [-0.05, 0) is 12.1 Å². The molecule has 0 amide bonds. The Bertz CT molecular complexity index is 389. The molecule has 0 aliphatic carbocycles. The maximum atomic E-state index is 13.4. The van der Waals surface area contributed by atoms with Crippen molar-refractivity contribution < 1.29 is 9.18 Å². The van der Waals surface area contributed by atoms with Gasteiger partial charge in [-0.1, -0.05) is 12.1 Å². The third kappa shape index (κ3) is 3.35. The van der Waals surface area contributed by atoms with Crippen LogP contribution in [0.1, 0.15) is 16.8 Å². The van der Waals surface area contributed by atoms with E-state index in [0.717, 1.165) is 32.7 Å². The molecule has 1 fully saturated rings. The largest absolute Gasteiger partial charge is 0.314 e. The maximum absolute atomic E-state index is 13.4. The van der Waals surface area contributed by atoms with Gasteiger partial charge in [0.15, 0.2) is 5.78 Å². The molecule has 0 spiro atoms. The summed E-state index contributed by atoms with van der Waals surface area (Å²) in [4.78, 5) is 14.1. The summed E-state index contributed by atoms with van der Waals surface area (Å²) in [5, 5.41) is 3.26. The lowest BCUT2D eigenvalue weighted by Gasteiger charge is -2.26. The zero-order valence-corrected chi connectivity index (χ0v) is 9.79. The zero-order chi connectivity index (χ0) is 12.1. The molecule has 0 saturated carbocycles. The van der Waals surface area contributed by atoms with Crippen LogP contribution in [0.15, 0.2) is 24.3 Å². The van der Waals surface area contributed by atoms with Crippen LogP contribution in [0.4, 0.5) is 4.39 Å². The summed E-state index contributed by atoms with van der Waals surface area (Å²) < 4.78 is 13.4. The van der Waals surface area contributed by atoms with E-state index in [9.17, 15) is 9.18 Å². The highest BCUT2D eigenvalue weighted by Gasteiger charge is 2.14. The normalized spacial score (nSPS) is 17.0. The number of ketones is 1. The molecule has 0 bridgehead atoms. The van der Waals surface area contributed by atoms with Crippen LogP contribution in [0, 0.1) is 5.82 Å². The zero-order valence-electron chi connectivity index (χ0n) is 9.79. The van der Waals surface area contributed by atoms with Gasteiger partial charge in [0.05, 0.1) is 5.56 Å². The molecular formula is C13H17FN2O. The fourth-order valence-electron chi connectivity index (χ4n) is 2.02. The average Bonchev–Trinajstić information content (AvgIpc) is 2.38. The van der Waals surface area contributed by atoms with Crippen molar-refractivity contribution in [3.63, 3.8) is 0 Å². The van der Waals surface area contributed by atoms with E-state index in [-0.39, 0.29) is 11.3 Å². The topological polar surface area (TPSA) is 32.3 Å². The van der Waals surface area contributed by atoms with Crippen LogP contribution >= 0.6 is 0 Å². The monoisotopic (exact) mass is 236 g/mol. The fraction of sp³-hybridized carbons (Fsp3) is 0.462. The molecule has 1 aliphatic heterocycles. The molecule has 1 N–H and O–H groups in total. The van der Waals surface area contributed by atoms with Gasteiger partial charge in [0.1, 0.15) is 5.82 Å². The summed E-state index contributed by atoms with van der Waals surface area (Å²) in [5.74, 6) is -0.528. The number of halogens is 1. The summed E-state index contributed by atoms with van der Waals surface area (Å²) in [6.07, 6.45) is 0.390. The van der Waals surface area contributed by atoms with E-state index in [1.165, 1.54) is 6.07 Å². The maximum Gasteiger partial charge on any atom is 0.167 e. The summed E-state index contributed by atoms with van der Waals surface area (Å²) in [7, 11) is 0. The van der Waals surface area contributed by atoms with E-state index in [1.54, 1.807) is 18.2 Å². The molecule has 92 valence electrons. The number of hydrogen-bond donors (Lipinski definition) is 1. The number of nitrogens with zero attached hydrogens (tertiary/aromatic N) is 1. The number of hydrogen-bond acceptors (Lipinski definition) is 3. The van der Waals surface area contributed by atoms with E-state index >= 15 is 0 Å². The Morgan fingerprint density at radius 3 is 2.71 bits per heavy atom. The van der Waals surface area contributed by atoms with Crippen molar-refractivity contribution in [1.82, 2.24) is 10.2 Å². The van der Waals surface area contributed by atoms with Gasteiger partial charge >= 0.3 is 0 Å². The fourth-order valence-corrected chi connectivity index (χ4v) is 2.02. The molecule has 0 aromatic heterocycles. The van der Waals surface area contributed by atoms with Crippen molar-refractivity contribution in [1.29, 1.82) is 0 Å². The number of carbonyl (C=O) groups is 1. The van der Waals surface area contributed by atoms with Crippen LogP contribution in [-0.2, 0) is 0 Å². The molecule has 17 heavy (non-hydrogen) atoms. The lowest BCUT2D eigenvalue weighted by molar-refractivity contribution is 0.0957. The molecular weight excluding hydrogens is 219 g/mol. The van der Waals surface area contributed by atoms with Gasteiger partial charge < -0.3 is 10.2 Å². The van der Waals surface area contributed by atoms with E-state index in [0.29, 0.717) is 6.42 Å². The SMILES string of the molecule is O=C(CCN1CCNCC1)c1ccccc1F. The van der Waals surface area contributed by atoms with Gasteiger partial charge in [0.25, 0.3) is 0 Å². The third-order valence-corrected chi connectivity index (χ3v) is 3.04. The van der Waals surface area contributed by atoms with Gasteiger partial charge in [0, 0.05) is 39.1 Å². The summed E-state index contributed by atoms with van der Waals surface area (Å²) in [5.41, 5.74) is 0.211. The predicted molar refractivity (Wildman–Crippen MR) is 64.7 cm³/mol. The van der Waals surface area contributed by atoms with Crippen LogP contribution < -0.4 is 5.32 Å². The second-order valence-electron chi connectivity index (χ2n) is 4.24. The molecule has 0 atom stereocenters. The van der Waals surface area contributed by atoms with Gasteiger partial charge in [-0.2, -0.15) is 0 Å². The summed E-state index contributed by atoms with van der Waals surface area (Å²) in [6, 6.07) is 6.18. The number of piperazine rings is 1. The minimum atomic E-state index is -0.419. The van der Waals surface area contributed by atoms with Crippen LogP contribution in [0.25, 0.3) is 0 Å². The van der Waals surface area contributed by atoms with Crippen LogP contribution in [0.2, 0.25) is 0 Å². The van der Waals surface area contributed by atoms with Crippen molar-refractivity contribution in [2.45, 2.75) is 6.42 Å². The number of carbonyl (C=O) groups excluding carboxylic acids is 1. The lowest BCUT2D eigenvalue weighted by atomic mass is 10.1. The van der Waals surface area contributed by atoms with Crippen molar-refractivity contribution >= 4 is 5.78 Å². The smallest absolute Gasteiger partial charge is 0.167 e. The Balaban J connectivity index is 1.87. The molecule has 1 aliphatic rings. The summed E-state index contributed by atoms with van der Waals surface area (Å²) in [6.45, 7) is 4.58. The Morgan fingerprint density at radius 2 is 2.00 bits per heavy atom. The molecule has 4 heteroatoms. The molecule has 0 radical (unpaired) electrons. The summed E-state index contributed by atoms with van der Waals surface area (Å²) >= 11 is 0. The third-order valence-electron chi connectivity index (χ3n) is 3.04. The van der Waals surface area contributed by atoms with Gasteiger partial charge in [-0.15, -0.1) is 0 Å². The molecule has 1 aromatic carbocycles. The number of nitrogens with one attached hydrogen (secondary N) is 1. The second-order valence-corrected chi connectivity index (χ2v) is 4.24. The van der Waals surface area contributed by atoms with Crippen LogP contribution in [0.5, 0.6) is 0 Å². The van der Waals surface area contributed by atoms with Gasteiger partial charge in [-0.3, -0.25) is 4.79 Å². The molecule has 1 saturated heterocycles. The quantitative estimate of drug-likeness (QED) is 0.800.